The van der Waals surface area contributed by atoms with E-state index < -0.39 is 0 Å². The van der Waals surface area contributed by atoms with E-state index in [4.69, 9.17) is 4.63 Å². The summed E-state index contributed by atoms with van der Waals surface area (Å²) < 4.78 is 4.74. The number of carbonyl (C=O) groups is 1. The first-order valence-corrected chi connectivity index (χ1v) is 8.41. The Bertz CT molecular complexity index is 864. The minimum absolute atomic E-state index is 0.108. The van der Waals surface area contributed by atoms with Gasteiger partial charge in [0.2, 0.25) is 0 Å². The van der Waals surface area contributed by atoms with Gasteiger partial charge >= 0.3 is 0 Å². The topological polar surface area (TPSA) is 84.2 Å². The maximum Gasteiger partial charge on any atom is 0.269 e. The predicted octanol–water partition coefficient (Wildman–Crippen LogP) is 1.87. The van der Waals surface area contributed by atoms with Crippen molar-refractivity contribution in [1.29, 1.82) is 0 Å². The van der Waals surface area contributed by atoms with Crippen molar-refractivity contribution < 1.29 is 9.42 Å². The van der Waals surface area contributed by atoms with E-state index in [-0.39, 0.29) is 5.91 Å². The molecule has 3 aromatic rings. The van der Waals surface area contributed by atoms with Crippen LogP contribution in [0, 0.1) is 5.92 Å². The fourth-order valence-corrected chi connectivity index (χ4v) is 3.23. The lowest BCUT2D eigenvalue weighted by molar-refractivity contribution is 0.0942. The van der Waals surface area contributed by atoms with Gasteiger partial charge in [-0.2, -0.15) is 0 Å². The van der Waals surface area contributed by atoms with Crippen LogP contribution in [0.25, 0.3) is 11.0 Å². The lowest BCUT2D eigenvalue weighted by Crippen LogP contribution is -2.31. The Labute approximate surface area is 145 Å². The Kier molecular flexibility index (Phi) is 4.39. The molecule has 1 fully saturated rings. The van der Waals surface area contributed by atoms with Crippen molar-refractivity contribution in [2.75, 3.05) is 19.6 Å². The van der Waals surface area contributed by atoms with Crippen LogP contribution in [0.4, 0.5) is 0 Å². The summed E-state index contributed by atoms with van der Waals surface area (Å²) in [5, 5.41) is 10.7. The third kappa shape index (κ3) is 3.66. The van der Waals surface area contributed by atoms with Crippen LogP contribution in [0.1, 0.15) is 22.5 Å². The molecule has 1 atom stereocenters. The first-order chi connectivity index (χ1) is 12.3. The molecule has 1 aromatic carbocycles. The first kappa shape index (κ1) is 15.7. The number of nitrogens with one attached hydrogen (secondary N) is 1. The van der Waals surface area contributed by atoms with E-state index in [9.17, 15) is 4.79 Å². The minimum Gasteiger partial charge on any atom is -0.350 e. The summed E-state index contributed by atoms with van der Waals surface area (Å²) in [5.41, 5.74) is 3.23. The lowest BCUT2D eigenvalue weighted by Gasteiger charge is -2.16. The molecule has 128 valence electrons. The summed E-state index contributed by atoms with van der Waals surface area (Å²) in [4.78, 5) is 18.5. The van der Waals surface area contributed by atoms with Crippen LogP contribution in [-0.4, -0.2) is 45.7 Å². The molecule has 1 amide bonds. The zero-order chi connectivity index (χ0) is 17.1. The molecule has 0 unspecified atom stereocenters. The zero-order valence-corrected chi connectivity index (χ0v) is 13.8. The highest BCUT2D eigenvalue weighted by molar-refractivity contribution is 5.92. The summed E-state index contributed by atoms with van der Waals surface area (Å²) in [6, 6.07) is 11.4. The molecule has 0 saturated carbocycles. The number of hydrogen-bond donors (Lipinski definition) is 1. The number of fused-ring (bicyclic) bond motifs is 1. The van der Waals surface area contributed by atoms with Crippen LogP contribution in [-0.2, 0) is 6.54 Å². The predicted molar refractivity (Wildman–Crippen MR) is 91.8 cm³/mol. The van der Waals surface area contributed by atoms with E-state index in [0.29, 0.717) is 18.2 Å². The second kappa shape index (κ2) is 6.98. The molecule has 4 rings (SSSR count). The van der Waals surface area contributed by atoms with Gasteiger partial charge in [-0.05, 0) is 59.0 Å². The van der Waals surface area contributed by atoms with E-state index in [1.165, 1.54) is 5.56 Å². The molecule has 1 N–H and O–H groups in total. The van der Waals surface area contributed by atoms with Crippen molar-refractivity contribution in [1.82, 2.24) is 25.5 Å². The maximum atomic E-state index is 12.1. The van der Waals surface area contributed by atoms with Crippen molar-refractivity contribution in [3.63, 3.8) is 0 Å². The van der Waals surface area contributed by atoms with E-state index in [2.05, 4.69) is 31.6 Å². The molecular weight excluding hydrogens is 318 g/mol. The van der Waals surface area contributed by atoms with E-state index >= 15 is 0 Å². The number of amides is 1. The summed E-state index contributed by atoms with van der Waals surface area (Å²) in [6.07, 6.45) is 2.71. The minimum atomic E-state index is -0.108. The van der Waals surface area contributed by atoms with Gasteiger partial charge in [0, 0.05) is 25.8 Å². The molecule has 7 heteroatoms. The van der Waals surface area contributed by atoms with Gasteiger partial charge in [0.25, 0.3) is 5.91 Å². The molecule has 0 radical (unpaired) electrons. The number of nitrogens with zero attached hydrogens (tertiary/aromatic N) is 4. The molecular formula is C18H19N5O2. The highest BCUT2D eigenvalue weighted by Gasteiger charge is 2.23. The van der Waals surface area contributed by atoms with Gasteiger partial charge in [0.15, 0.2) is 0 Å². The van der Waals surface area contributed by atoms with Gasteiger partial charge in [0.05, 0.1) is 0 Å². The fraction of sp³-hybridized carbons (Fsp3) is 0.333. The van der Waals surface area contributed by atoms with Crippen LogP contribution in [0.15, 0.2) is 47.2 Å². The third-order valence-corrected chi connectivity index (χ3v) is 4.54. The van der Waals surface area contributed by atoms with Crippen molar-refractivity contribution in [3.8, 4) is 0 Å². The number of hydrogen-bond acceptors (Lipinski definition) is 6. The Morgan fingerprint density at radius 2 is 2.16 bits per heavy atom. The molecule has 7 nitrogen and oxygen atoms in total. The van der Waals surface area contributed by atoms with E-state index in [1.54, 1.807) is 18.3 Å². The summed E-state index contributed by atoms with van der Waals surface area (Å²) in [5.74, 6) is 0.355. The lowest BCUT2D eigenvalue weighted by atomic mass is 10.1. The van der Waals surface area contributed by atoms with Gasteiger partial charge < -0.3 is 5.32 Å². The van der Waals surface area contributed by atoms with E-state index in [0.717, 1.165) is 37.1 Å². The van der Waals surface area contributed by atoms with Crippen molar-refractivity contribution in [3.05, 3.63) is 53.9 Å². The van der Waals surface area contributed by atoms with E-state index in [1.807, 2.05) is 18.2 Å². The van der Waals surface area contributed by atoms with Gasteiger partial charge in [-0.15, -0.1) is 0 Å². The maximum absolute atomic E-state index is 12.1. The molecule has 25 heavy (non-hydrogen) atoms. The Morgan fingerprint density at radius 3 is 3.04 bits per heavy atom. The Hall–Kier alpha value is -2.80. The molecule has 1 aliphatic heterocycles. The number of benzene rings is 1. The molecule has 3 heterocycles. The molecule has 1 saturated heterocycles. The standard InChI is InChI=1S/C18H19N5O2/c24-18(16-3-1-2-7-19-16)20-10-14-6-8-23(12-14)11-13-4-5-15-17(9-13)22-25-21-15/h1-5,7,9,14H,6,8,10-12H2,(H,20,24)/t14-/m1/s1. The van der Waals surface area contributed by atoms with Gasteiger partial charge in [-0.1, -0.05) is 12.1 Å². The van der Waals surface area contributed by atoms with Crippen molar-refractivity contribution in [2.45, 2.75) is 13.0 Å². The molecule has 2 aromatic heterocycles. The quantitative estimate of drug-likeness (QED) is 0.765. The average molecular weight is 337 g/mol. The molecule has 1 aliphatic rings. The first-order valence-electron chi connectivity index (χ1n) is 8.41. The molecule has 0 aliphatic carbocycles. The van der Waals surface area contributed by atoms with Crippen molar-refractivity contribution >= 4 is 16.9 Å². The van der Waals surface area contributed by atoms with Crippen LogP contribution in [0.2, 0.25) is 0 Å². The highest BCUT2D eigenvalue weighted by atomic mass is 16.6. The number of likely N-dealkylation sites (tertiary alicyclic amines) is 1. The zero-order valence-electron chi connectivity index (χ0n) is 13.8. The van der Waals surface area contributed by atoms with Gasteiger partial charge in [-0.3, -0.25) is 14.7 Å². The summed E-state index contributed by atoms with van der Waals surface area (Å²) in [6.45, 7) is 3.54. The normalized spacial score (nSPS) is 17.8. The monoisotopic (exact) mass is 337 g/mol. The smallest absolute Gasteiger partial charge is 0.269 e. The van der Waals surface area contributed by atoms with Gasteiger partial charge in [-0.25, -0.2) is 4.63 Å². The second-order valence-electron chi connectivity index (χ2n) is 6.40. The Balaban J connectivity index is 1.28. The SMILES string of the molecule is O=C(NC[C@H]1CCN(Cc2ccc3nonc3c2)C1)c1ccccn1. The number of rotatable bonds is 5. The van der Waals surface area contributed by atoms with Gasteiger partial charge in [0.1, 0.15) is 16.7 Å². The number of aromatic nitrogens is 3. The van der Waals surface area contributed by atoms with Crippen molar-refractivity contribution in [2.24, 2.45) is 5.92 Å². The largest absolute Gasteiger partial charge is 0.350 e. The molecule has 0 bridgehead atoms. The van der Waals surface area contributed by atoms with Crippen LogP contribution in [0.5, 0.6) is 0 Å². The Morgan fingerprint density at radius 1 is 1.24 bits per heavy atom. The highest BCUT2D eigenvalue weighted by Crippen LogP contribution is 2.20. The second-order valence-corrected chi connectivity index (χ2v) is 6.40. The summed E-state index contributed by atoms with van der Waals surface area (Å²) in [7, 11) is 0. The van der Waals surface area contributed by atoms with Crippen LogP contribution < -0.4 is 5.32 Å². The third-order valence-electron chi connectivity index (χ3n) is 4.54. The van der Waals surface area contributed by atoms with Crippen LogP contribution in [0.3, 0.4) is 0 Å². The fourth-order valence-electron chi connectivity index (χ4n) is 3.23. The number of pyridine rings is 1. The van der Waals surface area contributed by atoms with Crippen LogP contribution >= 0.6 is 0 Å². The number of carbonyl (C=O) groups excluding carboxylic acids is 1. The molecule has 0 spiro atoms. The average Bonchev–Trinajstić information content (AvgIpc) is 3.29. The summed E-state index contributed by atoms with van der Waals surface area (Å²) >= 11 is 0.